The van der Waals surface area contributed by atoms with Gasteiger partial charge in [-0.2, -0.15) is 0 Å². The maximum atomic E-state index is 11.7. The summed E-state index contributed by atoms with van der Waals surface area (Å²) in [5.74, 6) is -1.86. The number of amides is 4. The van der Waals surface area contributed by atoms with E-state index in [2.05, 4.69) is 53.6 Å². The Hall–Kier alpha value is -3.59. The standard InChI is InChI=1S/C19H18N2O5S.C18H15N2O5S.Cs.2Li.O3S/c1-4-18(22)20-13-6-8-15(12(3)10-13)16-9-7-14(21-19(23)5-2)11-17(16)27(24,25)26;1-3-17(21)19-13-7-5-12(6-8-13)15-10-9-14(20-18(22)4-2)11-16(15)26(23,24)25;;;;1-4(2)3/h4-11H,1-2H2,3H3,(H,20,22)(H,21,23)(H,24,25,26);3-5,7-11H,1-2H2,(H,19,21)(H,20,22)(H,23,24,25);;;;/q;-1;3*+1;/p-2. The van der Waals surface area contributed by atoms with E-state index in [4.69, 9.17) is 12.6 Å². The van der Waals surface area contributed by atoms with Crippen molar-refractivity contribution in [3.63, 3.8) is 0 Å². The molecule has 0 aliphatic rings. The molecule has 0 aliphatic carbocycles. The van der Waals surface area contributed by atoms with Gasteiger partial charge in [-0.1, -0.05) is 50.1 Å². The van der Waals surface area contributed by atoms with Crippen molar-refractivity contribution in [2.45, 2.75) is 16.7 Å². The van der Waals surface area contributed by atoms with Crippen LogP contribution in [0.3, 0.4) is 0 Å². The van der Waals surface area contributed by atoms with Crippen LogP contribution in [0.1, 0.15) is 5.56 Å². The fourth-order valence-corrected chi connectivity index (χ4v) is 5.98. The minimum atomic E-state index is -4.81. The van der Waals surface area contributed by atoms with E-state index in [1.54, 1.807) is 25.1 Å². The van der Waals surface area contributed by atoms with E-state index in [0.29, 0.717) is 28.1 Å². The van der Waals surface area contributed by atoms with Crippen LogP contribution < -0.4 is 128 Å². The van der Waals surface area contributed by atoms with Gasteiger partial charge in [0.05, 0.1) is 4.90 Å². The van der Waals surface area contributed by atoms with Crippen LogP contribution in [-0.4, -0.2) is 62.2 Å². The number of anilines is 4. The van der Waals surface area contributed by atoms with Crippen LogP contribution in [0.4, 0.5) is 22.7 Å². The summed E-state index contributed by atoms with van der Waals surface area (Å²) in [4.78, 5) is 44.4. The third-order valence-electron chi connectivity index (χ3n) is 6.93. The monoisotopic (exact) mass is 982 g/mol. The molecule has 60 heavy (non-hydrogen) atoms. The first-order chi connectivity index (χ1) is 26.6. The van der Waals surface area contributed by atoms with E-state index in [1.165, 1.54) is 42.5 Å². The topological polar surface area (TPSA) is 282 Å². The second-order valence-electron chi connectivity index (χ2n) is 10.8. The molecule has 0 spiro atoms. The summed E-state index contributed by atoms with van der Waals surface area (Å²) in [6, 6.07) is 20.0. The molecule has 4 N–H and O–H groups in total. The molecule has 0 saturated carbocycles. The summed E-state index contributed by atoms with van der Waals surface area (Å²) in [6.45, 7) is 15.0. The Labute approximate surface area is 431 Å². The number of carbonyl (C=O) groups is 4. The van der Waals surface area contributed by atoms with Crippen LogP contribution in [0.15, 0.2) is 133 Å². The molecule has 0 aromatic heterocycles. The maximum absolute atomic E-state index is 11.7. The van der Waals surface area contributed by atoms with Gasteiger partial charge in [-0.3, -0.25) is 19.2 Å². The van der Waals surface area contributed by atoms with Gasteiger partial charge >= 0.3 is 117 Å². The first-order valence-electron chi connectivity index (χ1n) is 15.5. The Bertz CT molecular complexity index is 2600. The number of aryl methyl sites for hydroxylation is 1. The molecule has 0 bridgehead atoms. The van der Waals surface area contributed by atoms with Crippen molar-refractivity contribution in [2.75, 3.05) is 21.3 Å². The van der Waals surface area contributed by atoms with Gasteiger partial charge in [0.25, 0.3) is 0 Å². The predicted octanol–water partition coefficient (Wildman–Crippen LogP) is -4.87. The number of nitrogens with one attached hydrogen (secondary N) is 4. The first-order valence-corrected chi connectivity index (χ1v) is 19.3. The van der Waals surface area contributed by atoms with E-state index in [1.807, 2.05) is 0 Å². The average molecular weight is 983 g/mol. The van der Waals surface area contributed by atoms with Gasteiger partial charge in [0.15, 0.2) is 0 Å². The first kappa shape index (κ1) is 58.5. The molecule has 4 aromatic carbocycles. The zero-order valence-electron chi connectivity index (χ0n) is 32.6. The quantitative estimate of drug-likeness (QED) is 0.0449. The third-order valence-corrected chi connectivity index (χ3v) is 8.69. The SMILES string of the molecule is C=CC(=O)Nc1c[c-]c(-c2ccc(NC(=O)C=C)cc2S(=O)(=O)[O-])cc1.C=CC(=O)Nc1ccc(-c2ccc(NC(=O)C=C)cc2S(=O)(=O)[O-])c(C)c1.O=S(=O)=O.[Cs+].[Li+].[Li+]. The third kappa shape index (κ3) is 19.4. The zero-order chi connectivity index (χ0) is 43.1. The van der Waals surface area contributed by atoms with E-state index in [-0.39, 0.29) is 135 Å². The number of rotatable bonds is 12. The van der Waals surface area contributed by atoms with E-state index >= 15 is 0 Å². The van der Waals surface area contributed by atoms with Crippen molar-refractivity contribution in [3.8, 4) is 22.3 Å². The number of hydrogen-bond donors (Lipinski definition) is 4. The Kier molecular flexibility index (Phi) is 26.7. The van der Waals surface area contributed by atoms with Crippen molar-refractivity contribution >= 4 is 77.2 Å². The molecular formula is C37H31CsLi2N4O13S3. The fraction of sp³-hybridized carbons (Fsp3) is 0.0270. The molecule has 4 aromatic rings. The Morgan fingerprint density at radius 1 is 0.567 bits per heavy atom. The molecule has 0 atom stereocenters. The molecular weight excluding hydrogens is 951 g/mol. The van der Waals surface area contributed by atoms with Gasteiger partial charge in [-0.05, 0) is 90.0 Å². The van der Waals surface area contributed by atoms with Gasteiger partial charge in [0.2, 0.25) is 23.6 Å². The number of carbonyl (C=O) groups excluding carboxylic acids is 4. The zero-order valence-corrected chi connectivity index (χ0v) is 41.3. The Balaban J connectivity index is 0. The molecule has 298 valence electrons. The summed E-state index contributed by atoms with van der Waals surface area (Å²) in [6.07, 6.45) is 4.27. The molecule has 0 unspecified atom stereocenters. The number of benzene rings is 4. The van der Waals surface area contributed by atoms with Crippen LogP contribution in [0.5, 0.6) is 0 Å². The van der Waals surface area contributed by atoms with Gasteiger partial charge in [-0.25, -0.2) is 16.8 Å². The second-order valence-corrected chi connectivity index (χ2v) is 13.9. The number of hydrogen-bond acceptors (Lipinski definition) is 13. The maximum Gasteiger partial charge on any atom is 1.00 e. The van der Waals surface area contributed by atoms with E-state index in [0.717, 1.165) is 36.4 Å². The summed E-state index contributed by atoms with van der Waals surface area (Å²) in [5.41, 5.74) is 3.03. The van der Waals surface area contributed by atoms with Gasteiger partial charge < -0.3 is 30.4 Å². The van der Waals surface area contributed by atoms with E-state index < -0.39 is 58.4 Å². The predicted molar refractivity (Wildman–Crippen MR) is 208 cm³/mol. The molecule has 0 radical (unpaired) electrons. The largest absolute Gasteiger partial charge is 1.00 e. The minimum Gasteiger partial charge on any atom is -0.745 e. The summed E-state index contributed by atoms with van der Waals surface area (Å²) in [5, 5.41) is 9.94. The Morgan fingerprint density at radius 2 is 0.883 bits per heavy atom. The molecule has 0 heterocycles. The van der Waals surface area contributed by atoms with Crippen molar-refractivity contribution in [2.24, 2.45) is 0 Å². The molecule has 0 fully saturated rings. The minimum absolute atomic E-state index is 0. The van der Waals surface area contributed by atoms with Crippen LogP contribution >= 0.6 is 0 Å². The van der Waals surface area contributed by atoms with Gasteiger partial charge in [0.1, 0.15) is 20.2 Å². The van der Waals surface area contributed by atoms with Crippen molar-refractivity contribution < 1.29 is 164 Å². The molecule has 0 aliphatic heterocycles. The summed E-state index contributed by atoms with van der Waals surface area (Å²) < 4.78 is 95.4. The van der Waals surface area contributed by atoms with Crippen molar-refractivity contribution in [1.82, 2.24) is 0 Å². The average Bonchev–Trinajstić information content (AvgIpc) is 3.14. The van der Waals surface area contributed by atoms with Crippen LogP contribution in [-0.2, 0) is 50.0 Å². The van der Waals surface area contributed by atoms with Gasteiger partial charge in [-0.15, -0.1) is 42.5 Å². The van der Waals surface area contributed by atoms with Gasteiger partial charge in [0, 0.05) is 22.0 Å². The summed E-state index contributed by atoms with van der Waals surface area (Å²) in [7, 11) is -12.7. The molecule has 0 saturated heterocycles. The van der Waals surface area contributed by atoms with Crippen LogP contribution in [0.2, 0.25) is 0 Å². The van der Waals surface area contributed by atoms with E-state index in [9.17, 15) is 45.1 Å². The molecule has 17 nitrogen and oxygen atoms in total. The molecule has 4 rings (SSSR count). The van der Waals surface area contributed by atoms with Crippen molar-refractivity contribution in [1.29, 1.82) is 0 Å². The second kappa shape index (κ2) is 27.4. The van der Waals surface area contributed by atoms with Crippen molar-refractivity contribution in [3.05, 3.63) is 135 Å². The van der Waals surface area contributed by atoms with Crippen LogP contribution in [0.25, 0.3) is 22.3 Å². The Morgan fingerprint density at radius 3 is 1.22 bits per heavy atom. The fourth-order valence-electron chi connectivity index (χ4n) is 4.55. The smallest absolute Gasteiger partial charge is 0.745 e. The van der Waals surface area contributed by atoms with Crippen LogP contribution in [0, 0.1) is 13.0 Å². The molecule has 4 amide bonds. The molecule has 23 heteroatoms. The summed E-state index contributed by atoms with van der Waals surface area (Å²) >= 11 is 0. The normalized spacial score (nSPS) is 9.85.